The van der Waals surface area contributed by atoms with Crippen molar-refractivity contribution in [2.45, 2.75) is 6.42 Å². The molecule has 2 amide bonds. The minimum Gasteiger partial charge on any atom is -0.504 e. The minimum atomic E-state index is -0.405. The predicted molar refractivity (Wildman–Crippen MR) is 88.8 cm³/mol. The van der Waals surface area contributed by atoms with Gasteiger partial charge in [-0.2, -0.15) is 0 Å². The van der Waals surface area contributed by atoms with Gasteiger partial charge < -0.3 is 31.1 Å². The van der Waals surface area contributed by atoms with Crippen molar-refractivity contribution in [1.82, 2.24) is 10.6 Å². The van der Waals surface area contributed by atoms with Gasteiger partial charge in [-0.3, -0.25) is 0 Å². The van der Waals surface area contributed by atoms with E-state index in [1.807, 2.05) is 0 Å². The van der Waals surface area contributed by atoms with Gasteiger partial charge in [0.05, 0.1) is 0 Å². The molecule has 0 heterocycles. The van der Waals surface area contributed by atoms with Crippen LogP contribution in [0.25, 0.3) is 6.08 Å². The zero-order chi connectivity index (χ0) is 17.5. The maximum atomic E-state index is 11.6. The van der Waals surface area contributed by atoms with Gasteiger partial charge in [0.15, 0.2) is 23.0 Å². The molecule has 7 heteroatoms. The summed E-state index contributed by atoms with van der Waals surface area (Å²) >= 11 is 0. The lowest BCUT2D eigenvalue weighted by atomic mass is 10.1. The molecule has 0 aliphatic heterocycles. The van der Waals surface area contributed by atoms with E-state index in [0.29, 0.717) is 18.5 Å². The minimum absolute atomic E-state index is 0.185. The Morgan fingerprint density at radius 2 is 1.58 bits per heavy atom. The Kier molecular flexibility index (Phi) is 5.51. The molecule has 2 aromatic rings. The number of hydrogen-bond donors (Lipinski definition) is 6. The Hall–Kier alpha value is -3.35. The normalized spacial score (nSPS) is 10.7. The number of phenols is 4. The van der Waals surface area contributed by atoms with Crippen LogP contribution in [0.2, 0.25) is 0 Å². The van der Waals surface area contributed by atoms with Gasteiger partial charge in [-0.15, -0.1) is 0 Å². The summed E-state index contributed by atoms with van der Waals surface area (Å²) in [6, 6.07) is 8.38. The van der Waals surface area contributed by atoms with Crippen molar-refractivity contribution in [3.63, 3.8) is 0 Å². The molecule has 0 aliphatic carbocycles. The van der Waals surface area contributed by atoms with E-state index in [4.69, 9.17) is 0 Å². The summed E-state index contributed by atoms with van der Waals surface area (Å²) in [6.45, 7) is 0.351. The maximum Gasteiger partial charge on any atom is 0.318 e. The van der Waals surface area contributed by atoms with Crippen LogP contribution in [-0.2, 0) is 6.42 Å². The summed E-state index contributed by atoms with van der Waals surface area (Å²) in [7, 11) is 0. The molecule has 0 fully saturated rings. The van der Waals surface area contributed by atoms with Crippen LogP contribution < -0.4 is 10.6 Å². The number of phenolic OH excluding ortho intramolecular Hbond substituents is 4. The molecule has 0 saturated carbocycles. The monoisotopic (exact) mass is 330 g/mol. The fraction of sp³-hybridized carbons (Fsp3) is 0.118. The van der Waals surface area contributed by atoms with Crippen molar-refractivity contribution in [3.05, 3.63) is 53.7 Å². The molecule has 2 rings (SSSR count). The van der Waals surface area contributed by atoms with Crippen molar-refractivity contribution in [2.24, 2.45) is 0 Å². The molecule has 6 N–H and O–H groups in total. The Labute approximate surface area is 138 Å². The van der Waals surface area contributed by atoms with Crippen LogP contribution in [0, 0.1) is 0 Å². The molecular formula is C17H18N2O5. The molecule has 24 heavy (non-hydrogen) atoms. The van der Waals surface area contributed by atoms with E-state index in [2.05, 4.69) is 10.6 Å². The molecule has 0 aliphatic rings. The molecule has 0 atom stereocenters. The van der Waals surface area contributed by atoms with Gasteiger partial charge in [0.2, 0.25) is 0 Å². The van der Waals surface area contributed by atoms with E-state index in [-0.39, 0.29) is 23.0 Å². The zero-order valence-electron chi connectivity index (χ0n) is 12.7. The largest absolute Gasteiger partial charge is 0.504 e. The molecule has 0 radical (unpaired) electrons. The number of rotatable bonds is 5. The van der Waals surface area contributed by atoms with Crippen molar-refractivity contribution < 1.29 is 25.2 Å². The first-order valence-corrected chi connectivity index (χ1v) is 7.19. The van der Waals surface area contributed by atoms with Gasteiger partial charge >= 0.3 is 6.03 Å². The second-order valence-electron chi connectivity index (χ2n) is 5.05. The van der Waals surface area contributed by atoms with Crippen LogP contribution in [0.15, 0.2) is 42.6 Å². The van der Waals surface area contributed by atoms with E-state index < -0.39 is 6.03 Å². The van der Waals surface area contributed by atoms with Gasteiger partial charge in [-0.25, -0.2) is 4.79 Å². The van der Waals surface area contributed by atoms with Crippen LogP contribution in [0.3, 0.4) is 0 Å². The van der Waals surface area contributed by atoms with Gasteiger partial charge in [0.1, 0.15) is 0 Å². The molecule has 0 unspecified atom stereocenters. The Bertz CT molecular complexity index is 759. The van der Waals surface area contributed by atoms with Crippen LogP contribution in [0.4, 0.5) is 4.79 Å². The highest BCUT2D eigenvalue weighted by Gasteiger charge is 2.02. The molecule has 2 aromatic carbocycles. The number of benzene rings is 2. The molecule has 126 valence electrons. The average molecular weight is 330 g/mol. The first-order valence-electron chi connectivity index (χ1n) is 7.19. The summed E-state index contributed by atoms with van der Waals surface area (Å²) in [4.78, 5) is 11.6. The average Bonchev–Trinajstić information content (AvgIpc) is 2.54. The van der Waals surface area contributed by atoms with Crippen molar-refractivity contribution >= 4 is 12.1 Å². The molecule has 0 bridgehead atoms. The molecule has 0 saturated heterocycles. The van der Waals surface area contributed by atoms with E-state index in [1.165, 1.54) is 30.5 Å². The van der Waals surface area contributed by atoms with Crippen LogP contribution >= 0.6 is 0 Å². The highest BCUT2D eigenvalue weighted by atomic mass is 16.3. The van der Waals surface area contributed by atoms with Gasteiger partial charge in [0, 0.05) is 12.7 Å². The van der Waals surface area contributed by atoms with E-state index in [9.17, 15) is 25.2 Å². The van der Waals surface area contributed by atoms with Gasteiger partial charge in [-0.05, 0) is 47.9 Å². The van der Waals surface area contributed by atoms with Gasteiger partial charge in [-0.1, -0.05) is 12.1 Å². The fourth-order valence-electron chi connectivity index (χ4n) is 1.95. The highest BCUT2D eigenvalue weighted by Crippen LogP contribution is 2.25. The third-order valence-corrected chi connectivity index (χ3v) is 3.23. The molecule has 0 spiro atoms. The maximum absolute atomic E-state index is 11.6. The van der Waals surface area contributed by atoms with Crippen LogP contribution in [0.5, 0.6) is 23.0 Å². The smallest absolute Gasteiger partial charge is 0.318 e. The van der Waals surface area contributed by atoms with Crippen LogP contribution in [0.1, 0.15) is 11.1 Å². The second kappa shape index (κ2) is 7.77. The predicted octanol–water partition coefficient (Wildman–Crippen LogP) is 2.02. The number of amides is 2. The number of nitrogens with one attached hydrogen (secondary N) is 2. The first-order chi connectivity index (χ1) is 11.5. The molecule has 0 aromatic heterocycles. The number of urea groups is 1. The highest BCUT2D eigenvalue weighted by molar-refractivity contribution is 5.76. The number of carbonyl (C=O) groups is 1. The Morgan fingerprint density at radius 3 is 2.25 bits per heavy atom. The second-order valence-corrected chi connectivity index (χ2v) is 5.05. The standard InChI is InChI=1S/C17H18N2O5/c20-13-3-1-11(9-15(13)22)5-7-18-17(24)19-8-6-12-2-4-14(21)16(23)10-12/h1-5,7,9-10,20-23H,6,8H2,(H2,18,19,24)/b7-5+. The Balaban J connectivity index is 1.75. The third-order valence-electron chi connectivity index (χ3n) is 3.23. The quantitative estimate of drug-likeness (QED) is 0.468. The third kappa shape index (κ3) is 4.84. The summed E-state index contributed by atoms with van der Waals surface area (Å²) < 4.78 is 0. The summed E-state index contributed by atoms with van der Waals surface area (Å²) in [5.41, 5.74) is 1.39. The van der Waals surface area contributed by atoms with Crippen molar-refractivity contribution in [1.29, 1.82) is 0 Å². The van der Waals surface area contributed by atoms with E-state index >= 15 is 0 Å². The lowest BCUT2D eigenvalue weighted by molar-refractivity contribution is 0.244. The summed E-state index contributed by atoms with van der Waals surface area (Å²) in [5, 5.41) is 42.3. The molecular weight excluding hydrogens is 312 g/mol. The Morgan fingerprint density at radius 1 is 0.917 bits per heavy atom. The summed E-state index contributed by atoms with van der Waals surface area (Å²) in [5.74, 6) is -0.830. The molecule has 7 nitrogen and oxygen atoms in total. The lowest BCUT2D eigenvalue weighted by Crippen LogP contribution is -2.33. The fourth-order valence-corrected chi connectivity index (χ4v) is 1.95. The summed E-state index contributed by atoms with van der Waals surface area (Å²) in [6.07, 6.45) is 3.47. The zero-order valence-corrected chi connectivity index (χ0v) is 12.7. The van der Waals surface area contributed by atoms with E-state index in [0.717, 1.165) is 5.56 Å². The van der Waals surface area contributed by atoms with Gasteiger partial charge in [0.25, 0.3) is 0 Å². The number of hydrogen-bond acceptors (Lipinski definition) is 5. The first kappa shape index (κ1) is 17.0. The topological polar surface area (TPSA) is 122 Å². The SMILES string of the molecule is O=C(N/C=C/c1ccc(O)c(O)c1)NCCc1ccc(O)c(O)c1. The lowest BCUT2D eigenvalue weighted by Gasteiger charge is -2.06. The number of carbonyl (C=O) groups excluding carboxylic acids is 1. The van der Waals surface area contributed by atoms with Crippen molar-refractivity contribution in [2.75, 3.05) is 6.54 Å². The van der Waals surface area contributed by atoms with Crippen molar-refractivity contribution in [3.8, 4) is 23.0 Å². The van der Waals surface area contributed by atoms with Crippen LogP contribution in [-0.4, -0.2) is 33.0 Å². The number of aromatic hydroxyl groups is 4. The van der Waals surface area contributed by atoms with E-state index in [1.54, 1.807) is 18.2 Å².